The summed E-state index contributed by atoms with van der Waals surface area (Å²) in [6.45, 7) is 1.59. The average molecular weight is 324 g/mol. The van der Waals surface area contributed by atoms with Gasteiger partial charge in [0.15, 0.2) is 0 Å². The number of benzene rings is 1. The van der Waals surface area contributed by atoms with Crippen LogP contribution in [0.3, 0.4) is 0 Å². The molecule has 1 saturated heterocycles. The van der Waals surface area contributed by atoms with Crippen molar-refractivity contribution in [1.29, 1.82) is 0 Å². The van der Waals surface area contributed by atoms with Crippen molar-refractivity contribution in [3.8, 4) is 11.5 Å². The van der Waals surface area contributed by atoms with Gasteiger partial charge >= 0.3 is 6.36 Å². The summed E-state index contributed by atoms with van der Waals surface area (Å²) < 4.78 is 46.0. The van der Waals surface area contributed by atoms with Gasteiger partial charge in [0.1, 0.15) is 17.6 Å². The maximum atomic E-state index is 12.1. The Morgan fingerprint density at radius 1 is 1.00 bits per heavy atom. The number of anilines is 1. The lowest BCUT2D eigenvalue weighted by molar-refractivity contribution is -0.274. The highest BCUT2D eigenvalue weighted by Gasteiger charge is 2.31. The third kappa shape index (κ3) is 4.28. The van der Waals surface area contributed by atoms with E-state index in [4.69, 9.17) is 4.74 Å². The SMILES string of the molecule is FC(F)(F)Oc1ccc(OC2CCN(c3ccncc3)C2)cc1. The van der Waals surface area contributed by atoms with Gasteiger partial charge in [-0.2, -0.15) is 0 Å². The molecule has 1 aromatic carbocycles. The molecule has 0 N–H and O–H groups in total. The molecule has 1 atom stereocenters. The van der Waals surface area contributed by atoms with Gasteiger partial charge in [-0.05, 0) is 36.4 Å². The first-order valence-electron chi connectivity index (χ1n) is 7.17. The summed E-state index contributed by atoms with van der Waals surface area (Å²) in [4.78, 5) is 6.18. The van der Waals surface area contributed by atoms with Crippen molar-refractivity contribution < 1.29 is 22.6 Å². The lowest BCUT2D eigenvalue weighted by atomic mass is 10.3. The van der Waals surface area contributed by atoms with Crippen LogP contribution < -0.4 is 14.4 Å². The molecule has 1 fully saturated rings. The van der Waals surface area contributed by atoms with Gasteiger partial charge in [0, 0.05) is 31.0 Å². The summed E-state index contributed by atoms with van der Waals surface area (Å²) in [5.74, 6) is 0.274. The van der Waals surface area contributed by atoms with Crippen molar-refractivity contribution in [2.24, 2.45) is 0 Å². The number of halogens is 3. The molecule has 122 valence electrons. The second-order valence-corrected chi connectivity index (χ2v) is 5.20. The standard InChI is InChI=1S/C16H15F3N2O2/c17-16(18,19)23-14-3-1-13(2-4-14)22-15-7-10-21(11-15)12-5-8-20-9-6-12/h1-6,8-9,15H,7,10-11H2. The molecule has 0 spiro atoms. The lowest BCUT2D eigenvalue weighted by Gasteiger charge is -2.19. The first kappa shape index (κ1) is 15.5. The van der Waals surface area contributed by atoms with E-state index in [1.807, 2.05) is 12.1 Å². The van der Waals surface area contributed by atoms with Crippen molar-refractivity contribution in [3.63, 3.8) is 0 Å². The third-order valence-corrected chi connectivity index (χ3v) is 3.53. The van der Waals surface area contributed by atoms with E-state index < -0.39 is 6.36 Å². The van der Waals surface area contributed by atoms with Crippen LogP contribution in [0.5, 0.6) is 11.5 Å². The Morgan fingerprint density at radius 3 is 2.30 bits per heavy atom. The normalized spacial score (nSPS) is 18.0. The van der Waals surface area contributed by atoms with Crippen molar-refractivity contribution in [2.45, 2.75) is 18.9 Å². The zero-order valence-electron chi connectivity index (χ0n) is 12.2. The minimum absolute atomic E-state index is 0.00227. The Labute approximate surface area is 131 Å². The fourth-order valence-electron chi connectivity index (χ4n) is 2.53. The molecule has 0 bridgehead atoms. The van der Waals surface area contributed by atoms with Crippen LogP contribution in [0.15, 0.2) is 48.8 Å². The van der Waals surface area contributed by atoms with Gasteiger partial charge in [-0.3, -0.25) is 4.98 Å². The third-order valence-electron chi connectivity index (χ3n) is 3.53. The van der Waals surface area contributed by atoms with Crippen LogP contribution in [-0.2, 0) is 0 Å². The van der Waals surface area contributed by atoms with Crippen molar-refractivity contribution in [1.82, 2.24) is 4.98 Å². The van der Waals surface area contributed by atoms with Crippen LogP contribution >= 0.6 is 0 Å². The minimum atomic E-state index is -4.68. The molecule has 0 radical (unpaired) electrons. The summed E-state index contributed by atoms with van der Waals surface area (Å²) in [5.41, 5.74) is 1.08. The van der Waals surface area contributed by atoms with Crippen LogP contribution in [0.1, 0.15) is 6.42 Å². The number of rotatable bonds is 4. The second-order valence-electron chi connectivity index (χ2n) is 5.20. The molecule has 7 heteroatoms. The fraction of sp³-hybridized carbons (Fsp3) is 0.312. The molecule has 1 unspecified atom stereocenters. The summed E-state index contributed by atoms with van der Waals surface area (Å²) in [6.07, 6.45) is -0.356. The molecule has 1 aromatic heterocycles. The van der Waals surface area contributed by atoms with E-state index in [0.29, 0.717) is 5.75 Å². The van der Waals surface area contributed by atoms with Crippen molar-refractivity contribution in [2.75, 3.05) is 18.0 Å². The van der Waals surface area contributed by atoms with Gasteiger partial charge in [-0.25, -0.2) is 0 Å². The zero-order valence-corrected chi connectivity index (χ0v) is 12.2. The Kier molecular flexibility index (Phi) is 4.27. The number of hydrogen-bond acceptors (Lipinski definition) is 4. The number of alkyl halides is 3. The Hall–Kier alpha value is -2.44. The molecule has 23 heavy (non-hydrogen) atoms. The Balaban J connectivity index is 1.56. The number of aromatic nitrogens is 1. The lowest BCUT2D eigenvalue weighted by Crippen LogP contribution is -2.24. The van der Waals surface area contributed by atoms with E-state index in [1.165, 1.54) is 24.3 Å². The maximum Gasteiger partial charge on any atom is 0.573 e. The van der Waals surface area contributed by atoms with E-state index in [9.17, 15) is 13.2 Å². The quantitative estimate of drug-likeness (QED) is 0.860. The number of hydrogen-bond donors (Lipinski definition) is 0. The summed E-state index contributed by atoms with van der Waals surface area (Å²) >= 11 is 0. The fourth-order valence-corrected chi connectivity index (χ4v) is 2.53. The zero-order chi connectivity index (χ0) is 16.3. The molecule has 0 aliphatic carbocycles. The van der Waals surface area contributed by atoms with E-state index in [-0.39, 0.29) is 11.9 Å². The topological polar surface area (TPSA) is 34.6 Å². The van der Waals surface area contributed by atoms with Gasteiger partial charge in [-0.15, -0.1) is 13.2 Å². The van der Waals surface area contributed by atoms with E-state index >= 15 is 0 Å². The first-order valence-corrected chi connectivity index (χ1v) is 7.17. The van der Waals surface area contributed by atoms with Gasteiger partial charge in [0.05, 0.1) is 6.54 Å². The predicted molar refractivity (Wildman–Crippen MR) is 78.6 cm³/mol. The maximum absolute atomic E-state index is 12.1. The smallest absolute Gasteiger partial charge is 0.489 e. The molecule has 1 aliphatic heterocycles. The number of nitrogens with zero attached hydrogens (tertiary/aromatic N) is 2. The van der Waals surface area contributed by atoms with Crippen LogP contribution in [0.25, 0.3) is 0 Å². The molecule has 2 aromatic rings. The van der Waals surface area contributed by atoms with Crippen LogP contribution in [0.4, 0.5) is 18.9 Å². The highest BCUT2D eigenvalue weighted by molar-refractivity contribution is 5.46. The Morgan fingerprint density at radius 2 is 1.65 bits per heavy atom. The largest absolute Gasteiger partial charge is 0.573 e. The van der Waals surface area contributed by atoms with E-state index in [1.54, 1.807) is 12.4 Å². The summed E-state index contributed by atoms with van der Waals surface area (Å²) in [6, 6.07) is 9.33. The number of ether oxygens (including phenoxy) is 2. The van der Waals surface area contributed by atoms with Gasteiger partial charge in [-0.1, -0.05) is 0 Å². The second kappa shape index (κ2) is 6.36. The molecule has 4 nitrogen and oxygen atoms in total. The van der Waals surface area contributed by atoms with Crippen LogP contribution in [0, 0.1) is 0 Å². The highest BCUT2D eigenvalue weighted by atomic mass is 19.4. The molecule has 2 heterocycles. The molecule has 1 aliphatic rings. The van der Waals surface area contributed by atoms with Crippen molar-refractivity contribution in [3.05, 3.63) is 48.8 Å². The monoisotopic (exact) mass is 324 g/mol. The predicted octanol–water partition coefficient (Wildman–Crippen LogP) is 3.64. The number of pyridine rings is 1. The molecule has 0 amide bonds. The van der Waals surface area contributed by atoms with Crippen LogP contribution in [-0.4, -0.2) is 30.5 Å². The van der Waals surface area contributed by atoms with Gasteiger partial charge in [0.2, 0.25) is 0 Å². The summed E-state index contributed by atoms with van der Waals surface area (Å²) in [5, 5.41) is 0. The van der Waals surface area contributed by atoms with E-state index in [2.05, 4.69) is 14.6 Å². The summed E-state index contributed by atoms with van der Waals surface area (Å²) in [7, 11) is 0. The van der Waals surface area contributed by atoms with Crippen molar-refractivity contribution >= 4 is 5.69 Å². The first-order chi connectivity index (χ1) is 11.0. The average Bonchev–Trinajstić information content (AvgIpc) is 2.97. The molecular formula is C16H15F3N2O2. The minimum Gasteiger partial charge on any atom is -0.489 e. The highest BCUT2D eigenvalue weighted by Crippen LogP contribution is 2.27. The molecule has 3 rings (SSSR count). The Bertz CT molecular complexity index is 632. The molecule has 0 saturated carbocycles. The van der Waals surface area contributed by atoms with Crippen LogP contribution in [0.2, 0.25) is 0 Å². The van der Waals surface area contributed by atoms with Gasteiger partial charge in [0.25, 0.3) is 0 Å². The van der Waals surface area contributed by atoms with E-state index in [0.717, 1.165) is 25.2 Å². The molecular weight excluding hydrogens is 309 g/mol. The van der Waals surface area contributed by atoms with Gasteiger partial charge < -0.3 is 14.4 Å².